The van der Waals surface area contributed by atoms with Crippen molar-refractivity contribution in [2.24, 2.45) is 7.05 Å². The van der Waals surface area contributed by atoms with Crippen molar-refractivity contribution in [3.8, 4) is 0 Å². The molecule has 4 nitrogen and oxygen atoms in total. The standard InChI is InChI=1S/C11H9ClF3N3O/c1-18-5-6(4-16-18)9(19)7-2-3-8(11(13,14)15)17-10(7)12/h2-5,9,19H,1H3. The van der Waals surface area contributed by atoms with Crippen LogP contribution in [-0.4, -0.2) is 19.9 Å². The summed E-state index contributed by atoms with van der Waals surface area (Å²) in [5.41, 5.74) is -0.576. The molecule has 19 heavy (non-hydrogen) atoms. The minimum absolute atomic E-state index is 0.0997. The topological polar surface area (TPSA) is 50.9 Å². The van der Waals surface area contributed by atoms with Crippen molar-refractivity contribution in [3.63, 3.8) is 0 Å². The van der Waals surface area contributed by atoms with Crippen molar-refractivity contribution < 1.29 is 18.3 Å². The molecule has 2 rings (SSSR count). The first-order valence-electron chi connectivity index (χ1n) is 5.19. The molecule has 8 heteroatoms. The summed E-state index contributed by atoms with van der Waals surface area (Å²) < 4.78 is 38.8. The molecule has 0 aromatic carbocycles. The number of aromatic nitrogens is 3. The normalized spacial score (nSPS) is 13.6. The number of hydrogen-bond acceptors (Lipinski definition) is 3. The first-order valence-corrected chi connectivity index (χ1v) is 5.57. The second-order valence-corrected chi connectivity index (χ2v) is 4.28. The largest absolute Gasteiger partial charge is 0.433 e. The van der Waals surface area contributed by atoms with Crippen LogP contribution in [0.3, 0.4) is 0 Å². The molecule has 0 spiro atoms. The maximum absolute atomic E-state index is 12.4. The summed E-state index contributed by atoms with van der Waals surface area (Å²) in [5.74, 6) is 0. The Morgan fingerprint density at radius 3 is 2.53 bits per heavy atom. The summed E-state index contributed by atoms with van der Waals surface area (Å²) in [6, 6.07) is 1.89. The van der Waals surface area contributed by atoms with Crippen LogP contribution in [0.1, 0.15) is 22.9 Å². The van der Waals surface area contributed by atoms with Gasteiger partial charge in [0.2, 0.25) is 0 Å². The summed E-state index contributed by atoms with van der Waals surface area (Å²) in [6.07, 6.45) is -2.80. The average Bonchev–Trinajstić information content (AvgIpc) is 2.73. The van der Waals surface area contributed by atoms with Gasteiger partial charge in [-0.05, 0) is 6.07 Å². The van der Waals surface area contributed by atoms with Gasteiger partial charge in [0.1, 0.15) is 17.0 Å². The summed E-state index contributed by atoms with van der Waals surface area (Å²) in [4.78, 5) is 3.25. The molecule has 0 aliphatic carbocycles. The van der Waals surface area contributed by atoms with Crippen molar-refractivity contribution >= 4 is 11.6 Å². The van der Waals surface area contributed by atoms with E-state index in [0.717, 1.165) is 12.1 Å². The molecule has 0 saturated heterocycles. The number of nitrogens with zero attached hydrogens (tertiary/aromatic N) is 3. The molecule has 0 aliphatic heterocycles. The van der Waals surface area contributed by atoms with Gasteiger partial charge in [-0.2, -0.15) is 18.3 Å². The molecular weight excluding hydrogens is 283 g/mol. The highest BCUT2D eigenvalue weighted by Crippen LogP contribution is 2.32. The van der Waals surface area contributed by atoms with E-state index in [9.17, 15) is 18.3 Å². The van der Waals surface area contributed by atoms with E-state index in [1.165, 1.54) is 10.9 Å². The van der Waals surface area contributed by atoms with E-state index < -0.39 is 18.0 Å². The summed E-state index contributed by atoms with van der Waals surface area (Å²) in [5, 5.41) is 13.5. The van der Waals surface area contributed by atoms with Crippen LogP contribution >= 0.6 is 11.6 Å². The van der Waals surface area contributed by atoms with E-state index in [1.807, 2.05) is 0 Å². The van der Waals surface area contributed by atoms with Crippen molar-refractivity contribution in [2.45, 2.75) is 12.3 Å². The fraction of sp³-hybridized carbons (Fsp3) is 0.273. The molecule has 0 bridgehead atoms. The lowest BCUT2D eigenvalue weighted by atomic mass is 10.1. The molecular formula is C11H9ClF3N3O. The number of aliphatic hydroxyl groups is 1. The van der Waals surface area contributed by atoms with E-state index in [-0.39, 0.29) is 10.7 Å². The van der Waals surface area contributed by atoms with Gasteiger partial charge >= 0.3 is 6.18 Å². The molecule has 2 aromatic heterocycles. The number of rotatable bonds is 2. The van der Waals surface area contributed by atoms with Crippen LogP contribution in [0.25, 0.3) is 0 Å². The molecule has 1 N–H and O–H groups in total. The highest BCUT2D eigenvalue weighted by molar-refractivity contribution is 6.30. The summed E-state index contributed by atoms with van der Waals surface area (Å²) in [6.45, 7) is 0. The van der Waals surface area contributed by atoms with Crippen molar-refractivity contribution in [3.05, 3.63) is 46.5 Å². The molecule has 0 radical (unpaired) electrons. The van der Waals surface area contributed by atoms with E-state index in [1.54, 1.807) is 13.2 Å². The average molecular weight is 292 g/mol. The minimum Gasteiger partial charge on any atom is -0.383 e. The third-order valence-electron chi connectivity index (χ3n) is 2.50. The van der Waals surface area contributed by atoms with E-state index >= 15 is 0 Å². The summed E-state index contributed by atoms with van der Waals surface area (Å²) >= 11 is 5.69. The highest BCUT2D eigenvalue weighted by atomic mass is 35.5. The van der Waals surface area contributed by atoms with Gasteiger partial charge in [-0.1, -0.05) is 17.7 Å². The number of pyridine rings is 1. The van der Waals surface area contributed by atoms with E-state index in [0.29, 0.717) is 5.56 Å². The second-order valence-electron chi connectivity index (χ2n) is 3.92. The zero-order valence-corrected chi connectivity index (χ0v) is 10.4. The molecule has 2 heterocycles. The molecule has 1 unspecified atom stereocenters. The maximum atomic E-state index is 12.4. The summed E-state index contributed by atoms with van der Waals surface area (Å²) in [7, 11) is 1.66. The van der Waals surface area contributed by atoms with Crippen molar-refractivity contribution in [2.75, 3.05) is 0 Å². The Morgan fingerprint density at radius 1 is 1.37 bits per heavy atom. The van der Waals surface area contributed by atoms with Crippen molar-refractivity contribution in [1.82, 2.24) is 14.8 Å². The minimum atomic E-state index is -4.57. The van der Waals surface area contributed by atoms with Crippen LogP contribution in [0.4, 0.5) is 13.2 Å². The fourth-order valence-corrected chi connectivity index (χ4v) is 1.83. The third-order valence-corrected chi connectivity index (χ3v) is 2.81. The van der Waals surface area contributed by atoms with Crippen LogP contribution in [0.15, 0.2) is 24.5 Å². The molecule has 0 amide bonds. The van der Waals surface area contributed by atoms with Gasteiger partial charge in [0.15, 0.2) is 0 Å². The number of aryl methyl sites for hydroxylation is 1. The van der Waals surface area contributed by atoms with Crippen molar-refractivity contribution in [1.29, 1.82) is 0 Å². The lowest BCUT2D eigenvalue weighted by Gasteiger charge is -2.12. The predicted molar refractivity (Wildman–Crippen MR) is 61.5 cm³/mol. The zero-order chi connectivity index (χ0) is 14.2. The lowest BCUT2D eigenvalue weighted by Crippen LogP contribution is -2.10. The Bertz CT molecular complexity index is 597. The van der Waals surface area contributed by atoms with Gasteiger partial charge in [-0.15, -0.1) is 0 Å². The zero-order valence-electron chi connectivity index (χ0n) is 9.69. The SMILES string of the molecule is Cn1cc(C(O)c2ccc(C(F)(F)F)nc2Cl)cn1. The van der Waals surface area contributed by atoms with Gasteiger partial charge in [-0.3, -0.25) is 4.68 Å². The molecule has 0 aliphatic rings. The number of alkyl halides is 3. The maximum Gasteiger partial charge on any atom is 0.433 e. The Morgan fingerprint density at radius 2 is 2.05 bits per heavy atom. The van der Waals surface area contributed by atoms with E-state index in [2.05, 4.69) is 10.1 Å². The Hall–Kier alpha value is -1.60. The molecule has 0 fully saturated rings. The van der Waals surface area contributed by atoms with Crippen LogP contribution < -0.4 is 0 Å². The van der Waals surface area contributed by atoms with Gasteiger partial charge in [-0.25, -0.2) is 4.98 Å². The Labute approximate surface area is 111 Å². The molecule has 0 saturated carbocycles. The quantitative estimate of drug-likeness (QED) is 0.865. The fourth-order valence-electron chi connectivity index (χ4n) is 1.57. The molecule has 102 valence electrons. The number of halogens is 4. The van der Waals surface area contributed by atoms with Crippen LogP contribution in [0.2, 0.25) is 5.15 Å². The second kappa shape index (κ2) is 4.82. The van der Waals surface area contributed by atoms with Crippen LogP contribution in [0.5, 0.6) is 0 Å². The van der Waals surface area contributed by atoms with Gasteiger partial charge in [0.05, 0.1) is 6.20 Å². The van der Waals surface area contributed by atoms with Crippen LogP contribution in [-0.2, 0) is 13.2 Å². The smallest absolute Gasteiger partial charge is 0.383 e. The van der Waals surface area contributed by atoms with E-state index in [4.69, 9.17) is 11.6 Å². The van der Waals surface area contributed by atoms with Crippen LogP contribution in [0, 0.1) is 0 Å². The monoisotopic (exact) mass is 291 g/mol. The first kappa shape index (κ1) is 13.8. The Kier molecular flexibility index (Phi) is 3.51. The molecule has 1 atom stereocenters. The first-order chi connectivity index (χ1) is 8.79. The van der Waals surface area contributed by atoms with Gasteiger partial charge in [0.25, 0.3) is 0 Å². The Balaban J connectivity index is 2.36. The van der Waals surface area contributed by atoms with Gasteiger partial charge in [0, 0.05) is 24.4 Å². The van der Waals surface area contributed by atoms with Gasteiger partial charge < -0.3 is 5.11 Å². The highest BCUT2D eigenvalue weighted by Gasteiger charge is 2.33. The third kappa shape index (κ3) is 2.87. The lowest BCUT2D eigenvalue weighted by molar-refractivity contribution is -0.141. The number of hydrogen-bond donors (Lipinski definition) is 1. The molecule has 2 aromatic rings. The predicted octanol–water partition coefficient (Wildman–Crippen LogP) is 2.57. The number of aliphatic hydroxyl groups excluding tert-OH is 1.